The number of nitrogens with one attached hydrogen (secondary N) is 1. The number of ether oxygens (including phenoxy) is 1. The van der Waals surface area contributed by atoms with Crippen molar-refractivity contribution < 1.29 is 14.3 Å². The Bertz CT molecular complexity index is 1430. The molecule has 0 aliphatic heterocycles. The molecule has 0 radical (unpaired) electrons. The van der Waals surface area contributed by atoms with E-state index in [4.69, 9.17) is 9.72 Å². The Labute approximate surface area is 239 Å². The van der Waals surface area contributed by atoms with Gasteiger partial charge in [0.2, 0.25) is 11.8 Å². The van der Waals surface area contributed by atoms with Gasteiger partial charge in [-0.25, -0.2) is 4.98 Å². The summed E-state index contributed by atoms with van der Waals surface area (Å²) in [4.78, 5) is 34.6. The normalized spacial score (nSPS) is 15.3. The van der Waals surface area contributed by atoms with E-state index >= 15 is 0 Å². The van der Waals surface area contributed by atoms with Crippen LogP contribution in [0.5, 0.6) is 5.75 Å². The van der Waals surface area contributed by atoms with Crippen LogP contribution >= 0.6 is 11.3 Å². The van der Waals surface area contributed by atoms with E-state index in [2.05, 4.69) is 17.5 Å². The number of methoxy groups -OCH3 is 1. The van der Waals surface area contributed by atoms with Crippen molar-refractivity contribution in [3.05, 3.63) is 113 Å². The Morgan fingerprint density at radius 2 is 1.73 bits per heavy atom. The van der Waals surface area contributed by atoms with Gasteiger partial charge in [0.05, 0.1) is 25.8 Å². The van der Waals surface area contributed by atoms with Crippen LogP contribution in [0.1, 0.15) is 29.8 Å². The van der Waals surface area contributed by atoms with Crippen LogP contribution in [0.4, 0.5) is 5.69 Å². The molecule has 0 bridgehead atoms. The van der Waals surface area contributed by atoms with E-state index in [9.17, 15) is 9.59 Å². The number of hydrogen-bond acceptors (Lipinski definition) is 5. The first-order chi connectivity index (χ1) is 19.6. The van der Waals surface area contributed by atoms with Gasteiger partial charge in [-0.15, -0.1) is 11.3 Å². The van der Waals surface area contributed by atoms with Crippen molar-refractivity contribution in [1.29, 1.82) is 0 Å². The second-order valence-electron chi connectivity index (χ2n) is 9.88. The van der Waals surface area contributed by atoms with E-state index in [-0.39, 0.29) is 30.7 Å². The quantitative estimate of drug-likeness (QED) is 0.221. The molecule has 6 nitrogen and oxygen atoms in total. The molecule has 3 aromatic carbocycles. The van der Waals surface area contributed by atoms with Crippen molar-refractivity contribution in [3.63, 3.8) is 0 Å². The summed E-state index contributed by atoms with van der Waals surface area (Å²) in [5, 5.41) is 5.89. The molecule has 5 rings (SSSR count). The van der Waals surface area contributed by atoms with Gasteiger partial charge in [-0.05, 0) is 55.0 Å². The predicted octanol–water partition coefficient (Wildman–Crippen LogP) is 6.75. The number of rotatable bonds is 10. The Morgan fingerprint density at radius 3 is 2.40 bits per heavy atom. The molecule has 2 atom stereocenters. The summed E-state index contributed by atoms with van der Waals surface area (Å²) in [5.41, 5.74) is 3.48. The van der Waals surface area contributed by atoms with Crippen LogP contribution in [0.25, 0.3) is 11.3 Å². The number of benzene rings is 3. The second kappa shape index (κ2) is 13.2. The third-order valence-electron chi connectivity index (χ3n) is 7.16. The molecule has 0 spiro atoms. The van der Waals surface area contributed by atoms with Crippen molar-refractivity contribution in [3.8, 4) is 17.0 Å². The standard InChI is InChI=1S/C33H33N3O3S/c1-39-28-19-17-27(18-20-28)34-33(38)32(26-15-9-4-10-16-26)36(31(37)21-24-11-5-2-6-12-24)22-30-35-29(23-40-30)25-13-7-3-8-14-25/h2-9,11-14,17-20,23,26,32H,10,15-16,21-22H2,1H3,(H,34,38). The predicted molar refractivity (Wildman–Crippen MR) is 160 cm³/mol. The maximum Gasteiger partial charge on any atom is 0.247 e. The molecule has 2 amide bonds. The van der Waals surface area contributed by atoms with Crippen LogP contribution in [0.3, 0.4) is 0 Å². The molecular formula is C33H33N3O3S. The van der Waals surface area contributed by atoms with Gasteiger partial charge in [0.1, 0.15) is 16.8 Å². The highest BCUT2D eigenvalue weighted by molar-refractivity contribution is 7.09. The molecule has 1 aliphatic carbocycles. The summed E-state index contributed by atoms with van der Waals surface area (Å²) in [6.45, 7) is 0.268. The fourth-order valence-corrected chi connectivity index (χ4v) is 5.89. The summed E-state index contributed by atoms with van der Waals surface area (Å²) >= 11 is 1.52. The maximum atomic E-state index is 14.0. The number of carbonyl (C=O) groups is 2. The number of allylic oxidation sites excluding steroid dienone is 2. The zero-order valence-electron chi connectivity index (χ0n) is 22.5. The molecule has 40 heavy (non-hydrogen) atoms. The monoisotopic (exact) mass is 551 g/mol. The first-order valence-corrected chi connectivity index (χ1v) is 14.4. The third-order valence-corrected chi connectivity index (χ3v) is 8.00. The molecule has 1 aliphatic rings. The van der Waals surface area contributed by atoms with Crippen molar-refractivity contribution in [1.82, 2.24) is 9.88 Å². The zero-order valence-corrected chi connectivity index (χ0v) is 23.3. The molecule has 2 unspecified atom stereocenters. The van der Waals surface area contributed by atoms with Crippen LogP contribution in [-0.2, 0) is 22.6 Å². The molecular weight excluding hydrogens is 518 g/mol. The first kappa shape index (κ1) is 27.3. The van der Waals surface area contributed by atoms with Gasteiger partial charge in [0.15, 0.2) is 0 Å². The lowest BCUT2D eigenvalue weighted by Gasteiger charge is -2.36. The average molecular weight is 552 g/mol. The zero-order chi connectivity index (χ0) is 27.7. The Balaban J connectivity index is 1.47. The lowest BCUT2D eigenvalue weighted by Crippen LogP contribution is -2.51. The van der Waals surface area contributed by atoms with Crippen molar-refractivity contribution >= 4 is 28.8 Å². The fourth-order valence-electron chi connectivity index (χ4n) is 5.09. The average Bonchev–Trinajstić information content (AvgIpc) is 3.47. The molecule has 7 heteroatoms. The van der Waals surface area contributed by atoms with E-state index in [1.54, 1.807) is 12.0 Å². The topological polar surface area (TPSA) is 71.5 Å². The lowest BCUT2D eigenvalue weighted by atomic mass is 9.85. The van der Waals surface area contributed by atoms with E-state index in [1.165, 1.54) is 11.3 Å². The molecule has 1 aromatic heterocycles. The smallest absolute Gasteiger partial charge is 0.247 e. The molecule has 1 N–H and O–H groups in total. The van der Waals surface area contributed by atoms with Crippen LogP contribution in [-0.4, -0.2) is 34.8 Å². The summed E-state index contributed by atoms with van der Waals surface area (Å²) in [6.07, 6.45) is 6.94. The Hall–Kier alpha value is -4.23. The van der Waals surface area contributed by atoms with Gasteiger partial charge in [-0.3, -0.25) is 9.59 Å². The SMILES string of the molecule is COc1ccc(NC(=O)C(C2CC=CCC2)N(Cc2nc(-c3ccccc3)cs2)C(=O)Cc2ccccc2)cc1. The number of hydrogen-bond donors (Lipinski definition) is 1. The minimum atomic E-state index is -0.646. The van der Waals surface area contributed by atoms with Crippen LogP contribution in [0.2, 0.25) is 0 Å². The van der Waals surface area contributed by atoms with Crippen LogP contribution in [0, 0.1) is 5.92 Å². The summed E-state index contributed by atoms with van der Waals surface area (Å²) in [6, 6.07) is 26.3. The van der Waals surface area contributed by atoms with Gasteiger partial charge >= 0.3 is 0 Å². The highest BCUT2D eigenvalue weighted by atomic mass is 32.1. The van der Waals surface area contributed by atoms with Crippen LogP contribution < -0.4 is 10.1 Å². The summed E-state index contributed by atoms with van der Waals surface area (Å²) in [7, 11) is 1.61. The van der Waals surface area contributed by atoms with Gasteiger partial charge in [0, 0.05) is 16.6 Å². The van der Waals surface area contributed by atoms with E-state index in [1.807, 2.05) is 90.3 Å². The highest BCUT2D eigenvalue weighted by Gasteiger charge is 2.37. The second-order valence-corrected chi connectivity index (χ2v) is 10.8. The minimum absolute atomic E-state index is 0.00322. The van der Waals surface area contributed by atoms with Gasteiger partial charge in [-0.1, -0.05) is 72.8 Å². The van der Waals surface area contributed by atoms with Gasteiger partial charge in [-0.2, -0.15) is 0 Å². The number of anilines is 1. The van der Waals surface area contributed by atoms with Crippen molar-refractivity contribution in [2.75, 3.05) is 12.4 Å². The maximum absolute atomic E-state index is 14.0. The fraction of sp³-hybridized carbons (Fsp3) is 0.242. The number of nitrogens with zero attached hydrogens (tertiary/aromatic N) is 2. The van der Waals surface area contributed by atoms with E-state index in [0.717, 1.165) is 41.1 Å². The third kappa shape index (κ3) is 6.85. The Morgan fingerprint density at radius 1 is 1.00 bits per heavy atom. The largest absolute Gasteiger partial charge is 0.497 e. The summed E-state index contributed by atoms with van der Waals surface area (Å²) in [5.74, 6) is 0.431. The molecule has 0 saturated carbocycles. The van der Waals surface area contributed by atoms with Gasteiger partial charge in [0.25, 0.3) is 0 Å². The number of amides is 2. The minimum Gasteiger partial charge on any atom is -0.497 e. The number of carbonyl (C=O) groups excluding carboxylic acids is 2. The highest BCUT2D eigenvalue weighted by Crippen LogP contribution is 2.30. The van der Waals surface area contributed by atoms with E-state index < -0.39 is 6.04 Å². The molecule has 1 heterocycles. The van der Waals surface area contributed by atoms with Gasteiger partial charge < -0.3 is 15.0 Å². The molecule has 204 valence electrons. The van der Waals surface area contributed by atoms with Crippen LogP contribution in [0.15, 0.2) is 102 Å². The lowest BCUT2D eigenvalue weighted by molar-refractivity contribution is -0.141. The van der Waals surface area contributed by atoms with Crippen molar-refractivity contribution in [2.24, 2.45) is 5.92 Å². The van der Waals surface area contributed by atoms with Crippen molar-refractivity contribution in [2.45, 2.75) is 38.3 Å². The Kier molecular flexibility index (Phi) is 9.04. The van der Waals surface area contributed by atoms with E-state index in [0.29, 0.717) is 11.4 Å². The number of thiazole rings is 1. The first-order valence-electron chi connectivity index (χ1n) is 13.5. The summed E-state index contributed by atoms with van der Waals surface area (Å²) < 4.78 is 5.26. The molecule has 0 saturated heterocycles. The molecule has 0 fully saturated rings. The molecule has 4 aromatic rings. The number of aromatic nitrogens is 1.